The van der Waals surface area contributed by atoms with E-state index in [1.54, 1.807) is 43.5 Å². The summed E-state index contributed by atoms with van der Waals surface area (Å²) >= 11 is 0. The first kappa shape index (κ1) is 13.2. The maximum absolute atomic E-state index is 12.2. The van der Waals surface area contributed by atoms with Crippen molar-refractivity contribution in [1.29, 1.82) is 0 Å². The van der Waals surface area contributed by atoms with E-state index in [9.17, 15) is 4.79 Å². The van der Waals surface area contributed by atoms with E-state index in [-0.39, 0.29) is 5.91 Å². The number of fused-ring (bicyclic) bond motifs is 1. The number of amides is 1. The molecule has 0 saturated heterocycles. The second kappa shape index (κ2) is 5.28. The fraction of sp³-hybridized carbons (Fsp3) is 0.125. The molecule has 5 heteroatoms. The number of nitrogens with one attached hydrogen (secondary N) is 1. The van der Waals surface area contributed by atoms with Crippen molar-refractivity contribution >= 4 is 17.2 Å². The molecule has 2 aromatic heterocycles. The lowest BCUT2D eigenvalue weighted by atomic mass is 10.2. The van der Waals surface area contributed by atoms with Gasteiger partial charge in [-0.05, 0) is 43.3 Å². The molecule has 1 amide bonds. The second-order valence-corrected chi connectivity index (χ2v) is 4.75. The first-order valence-corrected chi connectivity index (χ1v) is 6.56. The molecular weight excluding hydrogens is 266 g/mol. The zero-order chi connectivity index (χ0) is 14.8. The van der Waals surface area contributed by atoms with Crippen LogP contribution in [0.1, 0.15) is 16.1 Å². The van der Waals surface area contributed by atoms with Crippen molar-refractivity contribution in [2.75, 3.05) is 12.4 Å². The van der Waals surface area contributed by atoms with Gasteiger partial charge in [0.05, 0.1) is 12.8 Å². The zero-order valence-electron chi connectivity index (χ0n) is 11.8. The molecule has 0 fully saturated rings. The third kappa shape index (κ3) is 2.72. The monoisotopic (exact) mass is 281 g/mol. The number of hydrogen-bond donors (Lipinski definition) is 1. The van der Waals surface area contributed by atoms with Crippen LogP contribution >= 0.6 is 0 Å². The molecule has 2 heterocycles. The van der Waals surface area contributed by atoms with Crippen LogP contribution < -0.4 is 10.1 Å². The summed E-state index contributed by atoms with van der Waals surface area (Å²) in [4.78, 5) is 16.6. The van der Waals surface area contributed by atoms with Gasteiger partial charge < -0.3 is 14.5 Å². The molecular formula is C16H15N3O2. The summed E-state index contributed by atoms with van der Waals surface area (Å²) in [5.74, 6) is 0.589. The highest BCUT2D eigenvalue weighted by atomic mass is 16.5. The third-order valence-corrected chi connectivity index (χ3v) is 3.19. The molecule has 0 atom stereocenters. The lowest BCUT2D eigenvalue weighted by Gasteiger charge is -2.06. The Labute approximate surface area is 122 Å². The topological polar surface area (TPSA) is 55.6 Å². The van der Waals surface area contributed by atoms with Crippen LogP contribution in [0.25, 0.3) is 5.65 Å². The number of rotatable bonds is 3. The summed E-state index contributed by atoms with van der Waals surface area (Å²) in [6, 6.07) is 10.7. The molecule has 0 radical (unpaired) electrons. The zero-order valence-corrected chi connectivity index (χ0v) is 11.8. The number of anilines is 1. The third-order valence-electron chi connectivity index (χ3n) is 3.19. The van der Waals surface area contributed by atoms with Gasteiger partial charge in [0.1, 0.15) is 11.4 Å². The molecule has 0 aliphatic heterocycles. The molecule has 1 aromatic carbocycles. The molecule has 0 aliphatic rings. The largest absolute Gasteiger partial charge is 0.497 e. The normalized spacial score (nSPS) is 10.6. The Balaban J connectivity index is 1.82. The SMILES string of the molecule is COc1ccc(NC(=O)c2ccn3cc(C)nc3c2)cc1. The maximum atomic E-state index is 12.2. The Morgan fingerprint density at radius 2 is 2.00 bits per heavy atom. The Morgan fingerprint density at radius 1 is 1.24 bits per heavy atom. The van der Waals surface area contributed by atoms with E-state index in [0.717, 1.165) is 22.8 Å². The van der Waals surface area contributed by atoms with Gasteiger partial charge in [-0.25, -0.2) is 4.98 Å². The Bertz CT molecular complexity index is 791. The number of hydrogen-bond acceptors (Lipinski definition) is 3. The Hall–Kier alpha value is -2.82. The fourth-order valence-electron chi connectivity index (χ4n) is 2.13. The molecule has 106 valence electrons. The van der Waals surface area contributed by atoms with Crippen molar-refractivity contribution in [3.63, 3.8) is 0 Å². The highest BCUT2D eigenvalue weighted by Gasteiger charge is 2.08. The van der Waals surface area contributed by atoms with E-state index < -0.39 is 0 Å². The maximum Gasteiger partial charge on any atom is 0.255 e. The van der Waals surface area contributed by atoms with Crippen molar-refractivity contribution < 1.29 is 9.53 Å². The van der Waals surface area contributed by atoms with Crippen LogP contribution in [0.5, 0.6) is 5.75 Å². The number of nitrogens with zero attached hydrogens (tertiary/aromatic N) is 2. The summed E-state index contributed by atoms with van der Waals surface area (Å²) in [6.07, 6.45) is 3.75. The van der Waals surface area contributed by atoms with E-state index in [2.05, 4.69) is 10.3 Å². The molecule has 5 nitrogen and oxygen atoms in total. The van der Waals surface area contributed by atoms with E-state index >= 15 is 0 Å². The van der Waals surface area contributed by atoms with E-state index in [0.29, 0.717) is 5.56 Å². The summed E-state index contributed by atoms with van der Waals surface area (Å²) in [5.41, 5.74) is 2.97. The predicted octanol–water partition coefficient (Wildman–Crippen LogP) is 2.90. The van der Waals surface area contributed by atoms with Gasteiger partial charge >= 0.3 is 0 Å². The quantitative estimate of drug-likeness (QED) is 0.803. The highest BCUT2D eigenvalue weighted by molar-refractivity contribution is 6.04. The molecule has 3 aromatic rings. The van der Waals surface area contributed by atoms with Crippen molar-refractivity contribution in [2.45, 2.75) is 6.92 Å². The number of carbonyl (C=O) groups excluding carboxylic acids is 1. The van der Waals surface area contributed by atoms with E-state index in [1.165, 1.54) is 0 Å². The van der Waals surface area contributed by atoms with Crippen molar-refractivity contribution in [2.24, 2.45) is 0 Å². The van der Waals surface area contributed by atoms with Crippen LogP contribution in [-0.4, -0.2) is 22.4 Å². The lowest BCUT2D eigenvalue weighted by Crippen LogP contribution is -2.12. The molecule has 21 heavy (non-hydrogen) atoms. The molecule has 0 saturated carbocycles. The van der Waals surface area contributed by atoms with Gasteiger partial charge in [-0.15, -0.1) is 0 Å². The molecule has 1 N–H and O–H groups in total. The van der Waals surface area contributed by atoms with Crippen LogP contribution in [0.15, 0.2) is 48.8 Å². The summed E-state index contributed by atoms with van der Waals surface area (Å²) in [5, 5.41) is 2.85. The van der Waals surface area contributed by atoms with Gasteiger partial charge in [0.25, 0.3) is 5.91 Å². The van der Waals surface area contributed by atoms with Crippen molar-refractivity contribution in [3.8, 4) is 5.75 Å². The lowest BCUT2D eigenvalue weighted by molar-refractivity contribution is 0.102. The first-order chi connectivity index (χ1) is 10.2. The number of aryl methyl sites for hydroxylation is 1. The van der Waals surface area contributed by atoms with Crippen molar-refractivity contribution in [3.05, 3.63) is 60.0 Å². The average Bonchev–Trinajstić information content (AvgIpc) is 2.87. The summed E-state index contributed by atoms with van der Waals surface area (Å²) in [7, 11) is 1.61. The number of ether oxygens (including phenoxy) is 1. The standard InChI is InChI=1S/C16H15N3O2/c1-11-10-19-8-7-12(9-15(19)17-11)16(20)18-13-3-5-14(21-2)6-4-13/h3-10H,1-2H3,(H,18,20). The van der Waals surface area contributed by atoms with Crippen LogP contribution in [0.4, 0.5) is 5.69 Å². The van der Waals surface area contributed by atoms with Gasteiger partial charge in [-0.2, -0.15) is 0 Å². The van der Waals surface area contributed by atoms with Crippen molar-refractivity contribution in [1.82, 2.24) is 9.38 Å². The minimum atomic E-state index is -0.164. The summed E-state index contributed by atoms with van der Waals surface area (Å²) in [6.45, 7) is 1.92. The van der Waals surface area contributed by atoms with Gasteiger partial charge in [0, 0.05) is 23.6 Å². The number of benzene rings is 1. The number of methoxy groups -OCH3 is 1. The number of imidazole rings is 1. The Kier molecular flexibility index (Phi) is 3.31. The molecule has 0 bridgehead atoms. The van der Waals surface area contributed by atoms with E-state index in [1.807, 2.05) is 23.7 Å². The number of pyridine rings is 1. The molecule has 0 aliphatic carbocycles. The molecule has 3 rings (SSSR count). The van der Waals surface area contributed by atoms with Gasteiger partial charge in [-0.3, -0.25) is 4.79 Å². The molecule has 0 unspecified atom stereocenters. The smallest absolute Gasteiger partial charge is 0.255 e. The first-order valence-electron chi connectivity index (χ1n) is 6.56. The number of aromatic nitrogens is 2. The Morgan fingerprint density at radius 3 is 2.71 bits per heavy atom. The minimum absolute atomic E-state index is 0.164. The molecule has 0 spiro atoms. The van der Waals surface area contributed by atoms with E-state index in [4.69, 9.17) is 4.74 Å². The van der Waals surface area contributed by atoms with Crippen LogP contribution in [0.2, 0.25) is 0 Å². The van der Waals surface area contributed by atoms with Gasteiger partial charge in [0.15, 0.2) is 0 Å². The summed E-state index contributed by atoms with van der Waals surface area (Å²) < 4.78 is 6.97. The fourth-order valence-corrected chi connectivity index (χ4v) is 2.13. The van der Waals surface area contributed by atoms with Crippen LogP contribution in [0.3, 0.4) is 0 Å². The van der Waals surface area contributed by atoms with Crippen LogP contribution in [-0.2, 0) is 0 Å². The number of carbonyl (C=O) groups is 1. The van der Waals surface area contributed by atoms with Crippen LogP contribution in [0, 0.1) is 6.92 Å². The van der Waals surface area contributed by atoms with Gasteiger partial charge in [-0.1, -0.05) is 0 Å². The van der Waals surface area contributed by atoms with Gasteiger partial charge in [0.2, 0.25) is 0 Å². The average molecular weight is 281 g/mol. The minimum Gasteiger partial charge on any atom is -0.497 e. The second-order valence-electron chi connectivity index (χ2n) is 4.75. The highest BCUT2D eigenvalue weighted by Crippen LogP contribution is 2.16. The predicted molar refractivity (Wildman–Crippen MR) is 80.9 cm³/mol.